The molecule has 232 valence electrons. The van der Waals surface area contributed by atoms with E-state index in [0.717, 1.165) is 22.3 Å². The Morgan fingerprint density at radius 1 is 0.933 bits per heavy atom. The molecule has 0 radical (unpaired) electrons. The van der Waals surface area contributed by atoms with Crippen LogP contribution in [0.2, 0.25) is 0 Å². The van der Waals surface area contributed by atoms with E-state index in [-0.39, 0.29) is 6.61 Å². The van der Waals surface area contributed by atoms with Crippen molar-refractivity contribution in [3.8, 4) is 45.1 Å². The van der Waals surface area contributed by atoms with E-state index in [0.29, 0.717) is 59.6 Å². The Morgan fingerprint density at radius 2 is 1.67 bits per heavy atom. The summed E-state index contributed by atoms with van der Waals surface area (Å²) in [7, 11) is 0. The third-order valence-electron chi connectivity index (χ3n) is 7.31. The van der Waals surface area contributed by atoms with Crippen molar-refractivity contribution in [2.24, 2.45) is 0 Å². The Balaban J connectivity index is 1.57. The van der Waals surface area contributed by atoms with E-state index in [1.807, 2.05) is 75.4 Å². The maximum atomic E-state index is 14.2. The Kier molecular flexibility index (Phi) is 8.26. The van der Waals surface area contributed by atoms with Gasteiger partial charge in [-0.15, -0.1) is 0 Å². The number of fused-ring (bicyclic) bond motifs is 8. The highest BCUT2D eigenvalue weighted by Crippen LogP contribution is 2.38. The molecule has 0 fully saturated rings. The van der Waals surface area contributed by atoms with E-state index in [1.54, 1.807) is 17.5 Å². The van der Waals surface area contributed by atoms with Crippen LogP contribution in [0.15, 0.2) is 72.8 Å². The van der Waals surface area contributed by atoms with Crippen LogP contribution in [0, 0.1) is 12.7 Å². The molecule has 0 amide bonds. The molecule has 0 spiro atoms. The molecule has 10 heteroatoms. The maximum Gasteiger partial charge on any atom is 0.337 e. The van der Waals surface area contributed by atoms with Gasteiger partial charge in [0.15, 0.2) is 11.8 Å². The maximum absolute atomic E-state index is 14.2. The van der Waals surface area contributed by atoms with Gasteiger partial charge in [-0.25, -0.2) is 18.7 Å². The molecule has 3 aromatic carbocycles. The monoisotopic (exact) mass is 611 g/mol. The van der Waals surface area contributed by atoms with E-state index in [2.05, 4.69) is 0 Å². The number of ether oxygens (including phenoxy) is 4. The van der Waals surface area contributed by atoms with Gasteiger partial charge in [-0.3, -0.25) is 0 Å². The molecule has 0 saturated carbocycles. The van der Waals surface area contributed by atoms with Gasteiger partial charge in [-0.2, -0.15) is 5.10 Å². The van der Waals surface area contributed by atoms with Gasteiger partial charge in [0, 0.05) is 40.1 Å². The number of hydrogen-bond acceptors (Lipinski definition) is 7. The predicted octanol–water partition coefficient (Wildman–Crippen LogP) is 6.91. The lowest BCUT2D eigenvalue weighted by molar-refractivity contribution is -0.160. The number of carbonyl (C=O) groups is 1. The molecular weight excluding hydrogens is 577 g/mol. The summed E-state index contributed by atoms with van der Waals surface area (Å²) in [5.74, 6) is -0.507. The van der Waals surface area contributed by atoms with Crippen LogP contribution in [0.5, 0.6) is 11.5 Å². The molecular formula is C35H34FN3O6. The summed E-state index contributed by atoms with van der Waals surface area (Å²) in [6, 6.07) is 21.4. The summed E-state index contributed by atoms with van der Waals surface area (Å²) in [6.45, 7) is 8.41. The molecule has 6 bridgehead atoms. The number of carboxylic acid groups (broad SMARTS) is 1. The first-order chi connectivity index (χ1) is 21.6. The van der Waals surface area contributed by atoms with Gasteiger partial charge < -0.3 is 24.1 Å². The SMILES string of the molecule is Cc1nc2cc3nn2c(c1C(OC(C)(C)C)C(=O)O)-c1ccc(cc1)OCCOCCOc1cc(F)ccc1-c1cccc-3c1. The second-order valence-corrected chi connectivity index (χ2v) is 11.8. The number of aliphatic carboxylic acids is 1. The smallest absolute Gasteiger partial charge is 0.337 e. The van der Waals surface area contributed by atoms with Crippen molar-refractivity contribution in [2.45, 2.75) is 39.4 Å². The van der Waals surface area contributed by atoms with Gasteiger partial charge >= 0.3 is 5.97 Å². The summed E-state index contributed by atoms with van der Waals surface area (Å²) in [6.07, 6.45) is -1.30. The average Bonchev–Trinajstić information content (AvgIpc) is 3.42. The summed E-state index contributed by atoms with van der Waals surface area (Å²) < 4.78 is 39.5. The van der Waals surface area contributed by atoms with Gasteiger partial charge in [-0.05, 0) is 75.7 Å². The number of benzene rings is 3. The number of aromatic nitrogens is 3. The molecule has 2 aliphatic rings. The first-order valence-electron chi connectivity index (χ1n) is 14.7. The lowest BCUT2D eigenvalue weighted by atomic mass is 9.98. The molecule has 9 nitrogen and oxygen atoms in total. The molecule has 1 unspecified atom stereocenters. The lowest BCUT2D eigenvalue weighted by Crippen LogP contribution is -2.29. The van der Waals surface area contributed by atoms with Crippen LogP contribution in [0.4, 0.5) is 4.39 Å². The van der Waals surface area contributed by atoms with Crippen molar-refractivity contribution < 1.29 is 33.2 Å². The molecule has 45 heavy (non-hydrogen) atoms. The second kappa shape index (κ2) is 12.3. The number of aryl methyl sites for hydroxylation is 1. The molecule has 2 aliphatic heterocycles. The van der Waals surface area contributed by atoms with E-state index in [4.69, 9.17) is 29.0 Å². The van der Waals surface area contributed by atoms with Gasteiger partial charge in [0.25, 0.3) is 0 Å². The largest absolute Gasteiger partial charge is 0.491 e. The molecule has 0 aliphatic carbocycles. The standard InChI is InChI=1S/C35H34FN3O6/c1-21-31(33(34(40)41)45-35(2,3)4)32-22-8-11-26(12-9-22)43-16-14-42-15-17-44-29-19-25(36)10-13-27(29)23-6-5-7-24(18-23)28-20-30(37-21)39(32)38-28/h5-13,18-20,33H,14-17H2,1-4H3,(H,40,41). The molecule has 7 rings (SSSR count). The normalized spacial score (nSPS) is 14.4. The van der Waals surface area contributed by atoms with Crippen LogP contribution in [0.25, 0.3) is 39.3 Å². The predicted molar refractivity (Wildman–Crippen MR) is 167 cm³/mol. The Hall–Kier alpha value is -4.80. The van der Waals surface area contributed by atoms with Gasteiger partial charge in [0.2, 0.25) is 0 Å². The van der Waals surface area contributed by atoms with Gasteiger partial charge in [-0.1, -0.05) is 18.2 Å². The average molecular weight is 612 g/mol. The van der Waals surface area contributed by atoms with E-state index in [9.17, 15) is 14.3 Å². The summed E-state index contributed by atoms with van der Waals surface area (Å²) in [5.41, 5.74) is 4.94. The Labute approximate surface area is 260 Å². The van der Waals surface area contributed by atoms with Gasteiger partial charge in [0.05, 0.1) is 30.2 Å². The minimum Gasteiger partial charge on any atom is -0.491 e. The molecule has 4 heterocycles. The first kappa shape index (κ1) is 30.2. The second-order valence-electron chi connectivity index (χ2n) is 11.8. The fraction of sp³-hybridized carbons (Fsp3) is 0.286. The number of hydrogen-bond donors (Lipinski definition) is 1. The quantitative estimate of drug-likeness (QED) is 0.220. The van der Waals surface area contributed by atoms with E-state index in [1.165, 1.54) is 12.1 Å². The van der Waals surface area contributed by atoms with E-state index < -0.39 is 23.5 Å². The summed E-state index contributed by atoms with van der Waals surface area (Å²) >= 11 is 0. The Bertz CT molecular complexity index is 1860. The third kappa shape index (κ3) is 6.52. The van der Waals surface area contributed by atoms with Crippen LogP contribution >= 0.6 is 0 Å². The van der Waals surface area contributed by atoms with Crippen molar-refractivity contribution in [1.82, 2.24) is 14.6 Å². The van der Waals surface area contributed by atoms with Crippen LogP contribution in [-0.4, -0.2) is 57.7 Å². The van der Waals surface area contributed by atoms with Crippen LogP contribution < -0.4 is 9.47 Å². The minimum absolute atomic E-state index is 0.240. The number of rotatable bonds is 3. The van der Waals surface area contributed by atoms with Crippen molar-refractivity contribution in [2.75, 3.05) is 26.4 Å². The fourth-order valence-corrected chi connectivity index (χ4v) is 5.39. The molecule has 1 N–H and O–H groups in total. The summed E-state index contributed by atoms with van der Waals surface area (Å²) in [5, 5.41) is 15.3. The number of carboxylic acids is 1. The summed E-state index contributed by atoms with van der Waals surface area (Å²) in [4.78, 5) is 17.5. The first-order valence-corrected chi connectivity index (χ1v) is 14.7. The van der Waals surface area contributed by atoms with Crippen molar-refractivity contribution in [3.63, 3.8) is 0 Å². The zero-order valence-electron chi connectivity index (χ0n) is 25.5. The van der Waals surface area contributed by atoms with Crippen molar-refractivity contribution in [3.05, 3.63) is 89.9 Å². The fourth-order valence-electron chi connectivity index (χ4n) is 5.39. The van der Waals surface area contributed by atoms with Crippen molar-refractivity contribution in [1.29, 1.82) is 0 Å². The zero-order valence-corrected chi connectivity index (χ0v) is 25.5. The van der Waals surface area contributed by atoms with Crippen LogP contribution in [-0.2, 0) is 14.3 Å². The molecule has 1 atom stereocenters. The van der Waals surface area contributed by atoms with Crippen molar-refractivity contribution >= 4 is 11.6 Å². The van der Waals surface area contributed by atoms with Gasteiger partial charge in [0.1, 0.15) is 30.5 Å². The molecule has 5 aromatic rings. The minimum atomic E-state index is -1.30. The lowest BCUT2D eigenvalue weighted by Gasteiger charge is -2.27. The third-order valence-corrected chi connectivity index (χ3v) is 7.31. The number of halogens is 1. The topological polar surface area (TPSA) is 104 Å². The van der Waals surface area contributed by atoms with E-state index >= 15 is 0 Å². The number of nitrogens with zero attached hydrogens (tertiary/aromatic N) is 3. The zero-order chi connectivity index (χ0) is 31.7. The highest BCUT2D eigenvalue weighted by molar-refractivity contribution is 5.81. The molecule has 2 aromatic heterocycles. The highest BCUT2D eigenvalue weighted by Gasteiger charge is 2.33. The molecule has 0 saturated heterocycles. The van der Waals surface area contributed by atoms with Crippen LogP contribution in [0.1, 0.15) is 38.1 Å². The highest BCUT2D eigenvalue weighted by atomic mass is 19.1. The van der Waals surface area contributed by atoms with Crippen LogP contribution in [0.3, 0.4) is 0 Å². The Morgan fingerprint density at radius 3 is 2.40 bits per heavy atom.